The molecule has 1 N–H and O–H groups in total. The van der Waals surface area contributed by atoms with Crippen molar-refractivity contribution in [3.63, 3.8) is 0 Å². The fourth-order valence-electron chi connectivity index (χ4n) is 10.7. The summed E-state index contributed by atoms with van der Waals surface area (Å²) in [4.78, 5) is 0. The molecule has 0 heterocycles. The zero-order valence-electron chi connectivity index (χ0n) is 23.8. The van der Waals surface area contributed by atoms with Crippen LogP contribution in [0.5, 0.6) is 0 Å². The van der Waals surface area contributed by atoms with Gasteiger partial charge in [-0.2, -0.15) is 0 Å². The monoisotopic (exact) mass is 496 g/mol. The largest absolute Gasteiger partial charge is 0.393 e. The van der Waals surface area contributed by atoms with Gasteiger partial charge in [0.1, 0.15) is 5.82 Å². The van der Waals surface area contributed by atoms with Gasteiger partial charge in [-0.3, -0.25) is 0 Å². The van der Waals surface area contributed by atoms with Crippen LogP contribution in [-0.2, 0) is 6.42 Å². The van der Waals surface area contributed by atoms with Gasteiger partial charge in [-0.1, -0.05) is 66.0 Å². The highest BCUT2D eigenvalue weighted by atomic mass is 19.1. The predicted octanol–water partition coefficient (Wildman–Crippen LogP) is 9.08. The maximum atomic E-state index is 13.5. The van der Waals surface area contributed by atoms with Crippen molar-refractivity contribution < 1.29 is 9.50 Å². The van der Waals surface area contributed by atoms with Crippen molar-refractivity contribution in [3.8, 4) is 0 Å². The van der Waals surface area contributed by atoms with Gasteiger partial charge in [0.15, 0.2) is 0 Å². The molecule has 202 valence electrons. The van der Waals surface area contributed by atoms with Crippen molar-refractivity contribution in [1.82, 2.24) is 0 Å². The summed E-state index contributed by atoms with van der Waals surface area (Å²) in [6, 6.07) is 7.05. The average molecular weight is 497 g/mol. The summed E-state index contributed by atoms with van der Waals surface area (Å²) < 4.78 is 13.5. The van der Waals surface area contributed by atoms with Crippen molar-refractivity contribution in [2.75, 3.05) is 0 Å². The van der Waals surface area contributed by atoms with Gasteiger partial charge in [-0.05, 0) is 134 Å². The first-order chi connectivity index (χ1) is 17.1. The third-order valence-corrected chi connectivity index (χ3v) is 12.5. The summed E-state index contributed by atoms with van der Waals surface area (Å²) >= 11 is 0. The van der Waals surface area contributed by atoms with Crippen molar-refractivity contribution in [2.45, 2.75) is 118 Å². The molecule has 4 aliphatic carbocycles. The van der Waals surface area contributed by atoms with E-state index in [1.807, 2.05) is 12.1 Å². The Morgan fingerprint density at radius 1 is 0.833 bits per heavy atom. The van der Waals surface area contributed by atoms with E-state index < -0.39 is 0 Å². The lowest BCUT2D eigenvalue weighted by molar-refractivity contribution is -0.152. The van der Waals surface area contributed by atoms with Crippen molar-refractivity contribution in [2.24, 2.45) is 58.2 Å². The first-order valence-electron chi connectivity index (χ1n) is 15.6. The Hall–Kier alpha value is -0.890. The molecule has 1 aromatic rings. The molecule has 0 aromatic heterocycles. The number of hydrogen-bond acceptors (Lipinski definition) is 1. The molecule has 0 spiro atoms. The van der Waals surface area contributed by atoms with Crippen molar-refractivity contribution >= 4 is 0 Å². The van der Waals surface area contributed by atoms with Crippen LogP contribution in [0.25, 0.3) is 0 Å². The van der Waals surface area contributed by atoms with Gasteiger partial charge in [-0.15, -0.1) is 0 Å². The summed E-state index contributed by atoms with van der Waals surface area (Å²) in [7, 11) is 0. The fraction of sp³-hybridized carbons (Fsp3) is 0.824. The third-order valence-electron chi connectivity index (χ3n) is 12.5. The lowest BCUT2D eigenvalue weighted by Gasteiger charge is -2.63. The molecule has 0 bridgehead atoms. The van der Waals surface area contributed by atoms with E-state index in [9.17, 15) is 9.50 Å². The van der Waals surface area contributed by atoms with Crippen LogP contribution in [-0.4, -0.2) is 11.2 Å². The molecule has 5 rings (SSSR count). The average Bonchev–Trinajstić information content (AvgIpc) is 3.19. The zero-order chi connectivity index (χ0) is 25.7. The van der Waals surface area contributed by atoms with E-state index in [1.165, 1.54) is 69.8 Å². The normalized spacial score (nSPS) is 43.1. The standard InChI is InChI=1S/C34H53FO/c1-22(2)7-6-8-23(3)28-15-16-29-26-13-14-30-27(21-24-9-11-25(35)12-10-24)32(36)18-20-34(30,5)31(26)17-19-33(28,29)4/h9-12,22-23,26-32,36H,6-8,13-21H2,1-5H3/t23-,26+,27+,28-,29+,30+,31+,32+,33-,34+/m1/s1. The maximum Gasteiger partial charge on any atom is 0.123 e. The zero-order valence-corrected chi connectivity index (χ0v) is 23.8. The Bertz CT molecular complexity index is 878. The summed E-state index contributed by atoms with van der Waals surface area (Å²) in [6.45, 7) is 12.6. The van der Waals surface area contributed by atoms with E-state index in [1.54, 1.807) is 12.1 Å². The molecule has 4 aliphatic rings. The van der Waals surface area contributed by atoms with Gasteiger partial charge in [0, 0.05) is 0 Å². The molecular weight excluding hydrogens is 443 g/mol. The Kier molecular flexibility index (Phi) is 7.68. The van der Waals surface area contributed by atoms with Crippen LogP contribution in [0.2, 0.25) is 0 Å². The second-order valence-electron chi connectivity index (χ2n) is 14.7. The predicted molar refractivity (Wildman–Crippen MR) is 148 cm³/mol. The molecule has 0 amide bonds. The fourth-order valence-corrected chi connectivity index (χ4v) is 10.7. The number of hydrogen-bond donors (Lipinski definition) is 1. The maximum absolute atomic E-state index is 13.5. The molecule has 0 radical (unpaired) electrons. The Balaban J connectivity index is 1.31. The molecule has 4 fully saturated rings. The molecule has 10 atom stereocenters. The SMILES string of the molecule is CC(C)CCC[C@@H](C)[C@H]1CC[C@H]2[C@@H]3CC[C@H]4[C@H](Cc5ccc(F)cc5)[C@@H](O)CC[C@]4(C)[C@H]3CC[C@]12C. The minimum absolute atomic E-state index is 0.164. The molecule has 4 saturated carbocycles. The summed E-state index contributed by atoms with van der Waals surface area (Å²) in [6.07, 6.45) is 15.4. The van der Waals surface area contributed by atoms with Gasteiger partial charge >= 0.3 is 0 Å². The summed E-state index contributed by atoms with van der Waals surface area (Å²) in [5.41, 5.74) is 2.09. The molecule has 0 saturated heterocycles. The molecule has 36 heavy (non-hydrogen) atoms. The van der Waals surface area contributed by atoms with Gasteiger partial charge in [0.05, 0.1) is 6.10 Å². The van der Waals surface area contributed by atoms with Gasteiger partial charge in [0.2, 0.25) is 0 Å². The van der Waals surface area contributed by atoms with Crippen LogP contribution < -0.4 is 0 Å². The van der Waals surface area contributed by atoms with E-state index in [0.29, 0.717) is 22.7 Å². The van der Waals surface area contributed by atoms with E-state index in [-0.39, 0.29) is 11.9 Å². The highest BCUT2D eigenvalue weighted by Gasteiger charge is 2.61. The number of fused-ring (bicyclic) bond motifs is 5. The second-order valence-corrected chi connectivity index (χ2v) is 14.7. The first-order valence-corrected chi connectivity index (χ1v) is 15.6. The van der Waals surface area contributed by atoms with Crippen LogP contribution in [0.4, 0.5) is 4.39 Å². The Labute approximate surface area is 221 Å². The highest BCUT2D eigenvalue weighted by Crippen LogP contribution is 2.69. The van der Waals surface area contributed by atoms with Gasteiger partial charge < -0.3 is 5.11 Å². The quantitative estimate of drug-likeness (QED) is 0.399. The topological polar surface area (TPSA) is 20.2 Å². The Morgan fingerprint density at radius 2 is 1.50 bits per heavy atom. The molecule has 2 heteroatoms. The van der Waals surface area contributed by atoms with Gasteiger partial charge in [0.25, 0.3) is 0 Å². The number of rotatable bonds is 7. The Morgan fingerprint density at radius 3 is 2.22 bits per heavy atom. The van der Waals surface area contributed by atoms with E-state index in [4.69, 9.17) is 0 Å². The minimum Gasteiger partial charge on any atom is -0.393 e. The van der Waals surface area contributed by atoms with Crippen LogP contribution in [0.15, 0.2) is 24.3 Å². The number of aliphatic hydroxyl groups is 1. The minimum atomic E-state index is -0.207. The van der Waals surface area contributed by atoms with Crippen LogP contribution in [0, 0.1) is 64.0 Å². The second kappa shape index (κ2) is 10.3. The van der Waals surface area contributed by atoms with E-state index >= 15 is 0 Å². The lowest BCUT2D eigenvalue weighted by atomic mass is 9.42. The van der Waals surface area contributed by atoms with Crippen molar-refractivity contribution in [3.05, 3.63) is 35.6 Å². The molecule has 0 unspecified atom stereocenters. The van der Waals surface area contributed by atoms with E-state index in [2.05, 4.69) is 34.6 Å². The number of halogens is 1. The summed E-state index contributed by atoms with van der Waals surface area (Å²) in [5, 5.41) is 11.2. The molecule has 1 nitrogen and oxygen atoms in total. The van der Waals surface area contributed by atoms with Crippen molar-refractivity contribution in [1.29, 1.82) is 0 Å². The summed E-state index contributed by atoms with van der Waals surface area (Å²) in [5.74, 6) is 6.00. The molecule has 0 aliphatic heterocycles. The number of benzene rings is 1. The highest BCUT2D eigenvalue weighted by molar-refractivity contribution is 5.19. The van der Waals surface area contributed by atoms with Crippen LogP contribution in [0.1, 0.15) is 111 Å². The first kappa shape index (κ1) is 26.7. The smallest absolute Gasteiger partial charge is 0.123 e. The molecular formula is C34H53FO. The van der Waals surface area contributed by atoms with Gasteiger partial charge in [-0.25, -0.2) is 4.39 Å². The van der Waals surface area contributed by atoms with E-state index in [0.717, 1.165) is 48.3 Å². The number of aliphatic hydroxyl groups excluding tert-OH is 1. The van der Waals surface area contributed by atoms with Crippen LogP contribution in [0.3, 0.4) is 0 Å². The lowest BCUT2D eigenvalue weighted by Crippen LogP contribution is -2.57. The van der Waals surface area contributed by atoms with Crippen LogP contribution >= 0.6 is 0 Å². The molecule has 1 aromatic carbocycles. The third kappa shape index (κ3) is 4.71.